The van der Waals surface area contributed by atoms with Gasteiger partial charge < -0.3 is 25.5 Å². The second-order valence-electron chi connectivity index (χ2n) is 4.90. The van der Waals surface area contributed by atoms with Crippen molar-refractivity contribution in [2.75, 3.05) is 13.6 Å². The van der Waals surface area contributed by atoms with Crippen LogP contribution in [0.3, 0.4) is 0 Å². The van der Waals surface area contributed by atoms with Gasteiger partial charge in [-0.2, -0.15) is 0 Å². The summed E-state index contributed by atoms with van der Waals surface area (Å²) in [6.45, 7) is 0.0828. The van der Waals surface area contributed by atoms with Crippen molar-refractivity contribution >= 4 is 12.0 Å². The van der Waals surface area contributed by atoms with Crippen LogP contribution in [0.15, 0.2) is 0 Å². The molecule has 1 fully saturated rings. The van der Waals surface area contributed by atoms with E-state index < -0.39 is 18.2 Å². The molecule has 7 nitrogen and oxygen atoms in total. The summed E-state index contributed by atoms with van der Waals surface area (Å²) in [4.78, 5) is 23.7. The molecule has 0 aliphatic heterocycles. The van der Waals surface area contributed by atoms with Gasteiger partial charge in [0, 0.05) is 20.0 Å². The fourth-order valence-electron chi connectivity index (χ4n) is 2.26. The molecule has 1 aliphatic carbocycles. The minimum absolute atomic E-state index is 0.0396. The molecule has 4 N–H and O–H groups in total. The van der Waals surface area contributed by atoms with Crippen LogP contribution >= 0.6 is 0 Å². The van der Waals surface area contributed by atoms with E-state index in [1.807, 2.05) is 0 Å². The Balaban J connectivity index is 2.34. The molecular formula is C12H22N2O5. The molecule has 2 amide bonds. The number of aliphatic hydroxyl groups excluding tert-OH is 2. The van der Waals surface area contributed by atoms with Crippen LogP contribution in [0.4, 0.5) is 4.79 Å². The van der Waals surface area contributed by atoms with Crippen molar-refractivity contribution in [1.82, 2.24) is 10.2 Å². The highest BCUT2D eigenvalue weighted by Crippen LogP contribution is 2.22. The zero-order chi connectivity index (χ0) is 14.4. The number of amides is 2. The Morgan fingerprint density at radius 2 is 2.00 bits per heavy atom. The summed E-state index contributed by atoms with van der Waals surface area (Å²) in [6, 6.07) is -0.554. The minimum Gasteiger partial charge on any atom is -0.479 e. The number of urea groups is 1. The summed E-state index contributed by atoms with van der Waals surface area (Å²) in [5, 5.41) is 29.9. The number of nitrogens with one attached hydrogen (secondary N) is 1. The van der Waals surface area contributed by atoms with E-state index in [4.69, 9.17) is 10.2 Å². The van der Waals surface area contributed by atoms with E-state index in [1.54, 1.807) is 7.05 Å². The molecule has 0 bridgehead atoms. The Labute approximate surface area is 112 Å². The zero-order valence-corrected chi connectivity index (χ0v) is 11.1. The van der Waals surface area contributed by atoms with Crippen molar-refractivity contribution in [3.8, 4) is 0 Å². The first-order valence-electron chi connectivity index (χ1n) is 6.53. The number of hydrogen-bond acceptors (Lipinski definition) is 4. The van der Waals surface area contributed by atoms with Gasteiger partial charge >= 0.3 is 12.0 Å². The number of aliphatic carboxylic acids is 1. The van der Waals surface area contributed by atoms with Gasteiger partial charge in [0.05, 0.1) is 12.1 Å². The Morgan fingerprint density at radius 3 is 2.58 bits per heavy atom. The average Bonchev–Trinajstić information content (AvgIpc) is 2.38. The number of carbonyl (C=O) groups is 2. The van der Waals surface area contributed by atoms with Gasteiger partial charge in [0.2, 0.25) is 0 Å². The van der Waals surface area contributed by atoms with Crippen molar-refractivity contribution in [2.45, 2.75) is 50.4 Å². The maximum atomic E-state index is 11.8. The maximum absolute atomic E-state index is 11.8. The number of carbonyl (C=O) groups excluding carboxylic acids is 1. The largest absolute Gasteiger partial charge is 0.479 e. The molecule has 0 radical (unpaired) electrons. The predicted octanol–water partition coefficient (Wildman–Crippen LogP) is -0.233. The monoisotopic (exact) mass is 274 g/mol. The molecule has 0 aromatic rings. The summed E-state index contributed by atoms with van der Waals surface area (Å²) in [6.07, 6.45) is 1.40. The van der Waals surface area contributed by atoms with E-state index in [0.717, 1.165) is 19.3 Å². The van der Waals surface area contributed by atoms with Gasteiger partial charge in [0.15, 0.2) is 6.10 Å². The van der Waals surface area contributed by atoms with Gasteiger partial charge in [-0.25, -0.2) is 9.59 Å². The molecule has 0 saturated heterocycles. The van der Waals surface area contributed by atoms with Crippen molar-refractivity contribution in [2.24, 2.45) is 0 Å². The molecule has 7 heteroatoms. The Hall–Kier alpha value is -1.34. The van der Waals surface area contributed by atoms with E-state index in [1.165, 1.54) is 4.90 Å². The smallest absolute Gasteiger partial charge is 0.332 e. The minimum atomic E-state index is -1.47. The fourth-order valence-corrected chi connectivity index (χ4v) is 2.26. The Morgan fingerprint density at radius 1 is 1.37 bits per heavy atom. The lowest BCUT2D eigenvalue weighted by Gasteiger charge is -2.35. The van der Waals surface area contributed by atoms with Crippen LogP contribution in [-0.4, -0.2) is 64.1 Å². The third-order valence-corrected chi connectivity index (χ3v) is 3.49. The summed E-state index contributed by atoms with van der Waals surface area (Å²) in [5.74, 6) is -1.30. The summed E-state index contributed by atoms with van der Waals surface area (Å²) in [7, 11) is 1.61. The zero-order valence-electron chi connectivity index (χ0n) is 11.1. The number of nitrogens with zero attached hydrogens (tertiary/aromatic N) is 1. The number of aliphatic hydroxyl groups is 2. The van der Waals surface area contributed by atoms with Gasteiger partial charge in [-0.3, -0.25) is 0 Å². The van der Waals surface area contributed by atoms with Gasteiger partial charge in [-0.05, 0) is 12.8 Å². The first-order chi connectivity index (χ1) is 8.93. The topological polar surface area (TPSA) is 110 Å². The molecule has 19 heavy (non-hydrogen) atoms. The SMILES string of the molecule is CN(C(=O)NCCC(O)C(=O)O)C1CCCCC1O. The average molecular weight is 274 g/mol. The van der Waals surface area contributed by atoms with E-state index in [0.29, 0.717) is 6.42 Å². The Bertz CT molecular complexity index is 323. The molecule has 1 rings (SSSR count). The lowest BCUT2D eigenvalue weighted by atomic mass is 9.92. The lowest BCUT2D eigenvalue weighted by Crippen LogP contribution is -2.50. The van der Waals surface area contributed by atoms with E-state index in [2.05, 4.69) is 5.32 Å². The number of hydrogen-bond donors (Lipinski definition) is 4. The highest BCUT2D eigenvalue weighted by Gasteiger charge is 2.29. The molecule has 0 aromatic carbocycles. The quantitative estimate of drug-likeness (QED) is 0.553. The number of likely N-dealkylation sites (N-methyl/N-ethyl adjacent to an activating group) is 1. The molecule has 0 heterocycles. The molecule has 110 valence electrons. The molecule has 3 atom stereocenters. The first-order valence-corrected chi connectivity index (χ1v) is 6.53. The second kappa shape index (κ2) is 7.30. The fraction of sp³-hybridized carbons (Fsp3) is 0.833. The number of carboxylic acid groups (broad SMARTS) is 1. The standard InChI is InChI=1S/C12H22N2O5/c1-14(8-4-2-3-5-9(8)15)12(19)13-7-6-10(16)11(17)18/h8-10,15-16H,2-7H2,1H3,(H,13,19)(H,17,18). The first kappa shape index (κ1) is 15.7. The van der Waals surface area contributed by atoms with Crippen LogP contribution < -0.4 is 5.32 Å². The summed E-state index contributed by atoms with van der Waals surface area (Å²) >= 11 is 0. The van der Waals surface area contributed by atoms with Crippen molar-refractivity contribution in [3.05, 3.63) is 0 Å². The molecule has 1 saturated carbocycles. The van der Waals surface area contributed by atoms with Crippen LogP contribution in [0, 0.1) is 0 Å². The van der Waals surface area contributed by atoms with E-state index in [9.17, 15) is 14.7 Å². The normalized spacial score (nSPS) is 24.6. The van der Waals surface area contributed by atoms with Gasteiger partial charge in [0.25, 0.3) is 0 Å². The number of rotatable bonds is 5. The molecule has 1 aliphatic rings. The third kappa shape index (κ3) is 4.68. The molecular weight excluding hydrogens is 252 g/mol. The molecule has 0 spiro atoms. The van der Waals surface area contributed by atoms with Crippen molar-refractivity contribution in [3.63, 3.8) is 0 Å². The number of carboxylic acids is 1. The lowest BCUT2D eigenvalue weighted by molar-refractivity contribution is -0.146. The van der Waals surface area contributed by atoms with Crippen LogP contribution in [0.25, 0.3) is 0 Å². The van der Waals surface area contributed by atoms with E-state index >= 15 is 0 Å². The second-order valence-corrected chi connectivity index (χ2v) is 4.90. The maximum Gasteiger partial charge on any atom is 0.332 e. The van der Waals surface area contributed by atoms with Crippen LogP contribution in [0.1, 0.15) is 32.1 Å². The van der Waals surface area contributed by atoms with E-state index in [-0.39, 0.29) is 25.0 Å². The van der Waals surface area contributed by atoms with Gasteiger partial charge in [0.1, 0.15) is 0 Å². The highest BCUT2D eigenvalue weighted by atomic mass is 16.4. The Kier molecular flexibility index (Phi) is 6.04. The van der Waals surface area contributed by atoms with Crippen LogP contribution in [0.5, 0.6) is 0 Å². The van der Waals surface area contributed by atoms with Gasteiger partial charge in [-0.1, -0.05) is 12.8 Å². The van der Waals surface area contributed by atoms with Gasteiger partial charge in [-0.15, -0.1) is 0 Å². The van der Waals surface area contributed by atoms with Crippen molar-refractivity contribution < 1.29 is 24.9 Å². The van der Waals surface area contributed by atoms with Crippen LogP contribution in [-0.2, 0) is 4.79 Å². The molecule has 0 aromatic heterocycles. The third-order valence-electron chi connectivity index (χ3n) is 3.49. The van der Waals surface area contributed by atoms with Crippen molar-refractivity contribution in [1.29, 1.82) is 0 Å². The van der Waals surface area contributed by atoms with Crippen LogP contribution in [0.2, 0.25) is 0 Å². The summed E-state index contributed by atoms with van der Waals surface area (Å²) in [5.41, 5.74) is 0. The predicted molar refractivity (Wildman–Crippen MR) is 67.7 cm³/mol. The highest BCUT2D eigenvalue weighted by molar-refractivity contribution is 5.74. The summed E-state index contributed by atoms with van der Waals surface area (Å²) < 4.78 is 0. The molecule has 3 unspecified atom stereocenters.